The van der Waals surface area contributed by atoms with Crippen molar-refractivity contribution in [3.63, 3.8) is 0 Å². The number of hydrogen-bond acceptors (Lipinski definition) is 7. The fourth-order valence-electron chi connectivity index (χ4n) is 6.35. The molecule has 1 amide bonds. The first kappa shape index (κ1) is 32.7. The predicted octanol–water partition coefficient (Wildman–Crippen LogP) is 8.27. The van der Waals surface area contributed by atoms with Crippen LogP contribution in [0.25, 0.3) is 22.3 Å². The van der Waals surface area contributed by atoms with Crippen LogP contribution in [0.5, 0.6) is 0 Å². The van der Waals surface area contributed by atoms with Crippen LogP contribution in [0.15, 0.2) is 97.1 Å². The quantitative estimate of drug-likeness (QED) is 0.109. The van der Waals surface area contributed by atoms with E-state index in [1.165, 1.54) is 43.8 Å². The number of esters is 1. The smallest absolute Gasteiger partial charge is 0.407 e. The van der Waals surface area contributed by atoms with Gasteiger partial charge in [-0.15, -0.1) is 0 Å². The molecule has 2 N–H and O–H groups in total. The van der Waals surface area contributed by atoms with Crippen molar-refractivity contribution in [1.29, 1.82) is 0 Å². The second kappa shape index (κ2) is 14.3. The summed E-state index contributed by atoms with van der Waals surface area (Å²) < 4.78 is 11.0. The number of aliphatic carboxylic acids is 1. The van der Waals surface area contributed by atoms with E-state index in [1.54, 1.807) is 0 Å². The van der Waals surface area contributed by atoms with E-state index in [-0.39, 0.29) is 47.9 Å². The van der Waals surface area contributed by atoms with Gasteiger partial charge < -0.3 is 19.9 Å². The lowest BCUT2D eigenvalue weighted by molar-refractivity contribution is -0.144. The highest BCUT2D eigenvalue weighted by molar-refractivity contribution is 8.77. The Hall–Kier alpha value is -4.21. The van der Waals surface area contributed by atoms with Gasteiger partial charge in [0.25, 0.3) is 0 Å². The summed E-state index contributed by atoms with van der Waals surface area (Å²) in [5, 5.41) is 12.3. The van der Waals surface area contributed by atoms with Crippen LogP contribution in [0, 0.1) is 0 Å². The molecule has 0 spiro atoms. The summed E-state index contributed by atoms with van der Waals surface area (Å²) in [4.78, 5) is 37.5. The van der Waals surface area contributed by atoms with Gasteiger partial charge in [-0.2, -0.15) is 0 Å². The molecule has 0 aliphatic heterocycles. The number of carbonyl (C=O) groups excluding carboxylic acids is 2. The van der Waals surface area contributed by atoms with E-state index in [0.717, 1.165) is 22.3 Å². The molecule has 0 bridgehead atoms. The summed E-state index contributed by atoms with van der Waals surface area (Å²) in [5.74, 6) is -1.35. The minimum atomic E-state index is -1.14. The number of fused-ring (bicyclic) bond motifs is 6. The Balaban J connectivity index is 0.943. The van der Waals surface area contributed by atoms with E-state index >= 15 is 0 Å². The van der Waals surface area contributed by atoms with E-state index in [0.29, 0.717) is 6.42 Å². The largest absolute Gasteiger partial charge is 0.480 e. The molecule has 2 aliphatic carbocycles. The van der Waals surface area contributed by atoms with Crippen molar-refractivity contribution < 1.29 is 29.0 Å². The van der Waals surface area contributed by atoms with Gasteiger partial charge in [0.1, 0.15) is 19.3 Å². The third-order valence-corrected chi connectivity index (χ3v) is 12.1. The summed E-state index contributed by atoms with van der Waals surface area (Å²) in [7, 11) is 2.84. The standard InChI is InChI=1S/C38H37NO6S2/c1-38(2,20-19-35(40)44-21-32-28-15-7-3-11-24(28)25-12-4-8-16-29(25)32)47-46-23-34(36(41)42)39-37(43)45-22-33-30-17-9-5-13-26(30)27-14-6-10-18-31(27)33/h3-18,32-34H,19-23H2,1-2H3,(H,39,43)(H,41,42)/t34-/m0/s1. The Morgan fingerprint density at radius 1 is 0.723 bits per heavy atom. The Morgan fingerprint density at radius 2 is 1.15 bits per heavy atom. The first-order valence-electron chi connectivity index (χ1n) is 15.7. The van der Waals surface area contributed by atoms with Crippen molar-refractivity contribution in [2.75, 3.05) is 19.0 Å². The maximum absolute atomic E-state index is 12.8. The molecule has 2 aliphatic rings. The third-order valence-electron chi connectivity index (χ3n) is 8.76. The van der Waals surface area contributed by atoms with Gasteiger partial charge in [0, 0.05) is 28.8 Å². The molecule has 4 aromatic rings. The molecule has 7 nitrogen and oxygen atoms in total. The lowest BCUT2D eigenvalue weighted by Crippen LogP contribution is -2.43. The van der Waals surface area contributed by atoms with Crippen LogP contribution in [0.2, 0.25) is 0 Å². The van der Waals surface area contributed by atoms with Crippen molar-refractivity contribution in [3.8, 4) is 22.3 Å². The highest BCUT2D eigenvalue weighted by Crippen LogP contribution is 2.46. The second-order valence-corrected chi connectivity index (χ2v) is 15.4. The lowest BCUT2D eigenvalue weighted by atomic mass is 9.98. The molecule has 0 saturated carbocycles. The monoisotopic (exact) mass is 667 g/mol. The number of carboxylic acids is 1. The number of hydrogen-bond donors (Lipinski definition) is 2. The number of benzene rings is 4. The van der Waals surface area contributed by atoms with Gasteiger partial charge >= 0.3 is 18.0 Å². The van der Waals surface area contributed by atoms with E-state index in [2.05, 4.69) is 41.7 Å². The zero-order valence-corrected chi connectivity index (χ0v) is 27.9. The Labute approximate surface area is 282 Å². The molecular weight excluding hydrogens is 631 g/mol. The van der Waals surface area contributed by atoms with Gasteiger partial charge in [0.2, 0.25) is 0 Å². The third kappa shape index (κ3) is 7.36. The number of nitrogens with one attached hydrogen (secondary N) is 1. The Kier molecular flexibility index (Phi) is 9.94. The topological polar surface area (TPSA) is 102 Å². The Bertz CT molecular complexity index is 1700. The molecule has 9 heteroatoms. The van der Waals surface area contributed by atoms with Crippen molar-refractivity contribution >= 4 is 39.6 Å². The number of carbonyl (C=O) groups is 3. The molecule has 242 valence electrons. The molecule has 6 rings (SSSR count). The van der Waals surface area contributed by atoms with Gasteiger partial charge in [-0.3, -0.25) is 4.79 Å². The number of alkyl carbamates (subject to hydrolysis) is 1. The molecule has 0 unspecified atom stereocenters. The molecule has 47 heavy (non-hydrogen) atoms. The van der Waals surface area contributed by atoms with Crippen LogP contribution in [0.3, 0.4) is 0 Å². The SMILES string of the molecule is CC(C)(CCC(=O)OCC1c2ccccc2-c2ccccc21)SSC[C@H](NC(=O)OCC1c2ccccc2-c2ccccc21)C(=O)O. The van der Waals surface area contributed by atoms with E-state index in [4.69, 9.17) is 9.47 Å². The number of ether oxygens (including phenoxy) is 2. The van der Waals surface area contributed by atoms with Crippen LogP contribution in [-0.4, -0.2) is 52.9 Å². The average molecular weight is 668 g/mol. The normalized spacial score (nSPS) is 14.0. The molecule has 1 atom stereocenters. The highest BCUT2D eigenvalue weighted by Gasteiger charge is 2.31. The van der Waals surface area contributed by atoms with Crippen LogP contribution >= 0.6 is 21.6 Å². The molecule has 0 aromatic heterocycles. The first-order chi connectivity index (χ1) is 22.7. The van der Waals surface area contributed by atoms with Gasteiger partial charge in [0.15, 0.2) is 0 Å². The van der Waals surface area contributed by atoms with E-state index < -0.39 is 18.1 Å². The van der Waals surface area contributed by atoms with Crippen molar-refractivity contribution in [2.24, 2.45) is 0 Å². The van der Waals surface area contributed by atoms with Crippen LogP contribution in [0.4, 0.5) is 4.79 Å². The minimum Gasteiger partial charge on any atom is -0.480 e. The molecular formula is C38H37NO6S2. The summed E-state index contributed by atoms with van der Waals surface area (Å²) in [6.45, 7) is 4.42. The number of carboxylic acid groups (broad SMARTS) is 1. The predicted molar refractivity (Wildman–Crippen MR) is 188 cm³/mol. The van der Waals surface area contributed by atoms with Crippen LogP contribution in [-0.2, 0) is 19.1 Å². The highest BCUT2D eigenvalue weighted by atomic mass is 33.1. The van der Waals surface area contributed by atoms with Crippen molar-refractivity contribution in [2.45, 2.75) is 49.3 Å². The summed E-state index contributed by atoms with van der Waals surface area (Å²) >= 11 is 0. The Morgan fingerprint density at radius 3 is 1.60 bits per heavy atom. The van der Waals surface area contributed by atoms with E-state index in [1.807, 2.05) is 74.5 Å². The maximum Gasteiger partial charge on any atom is 0.407 e. The van der Waals surface area contributed by atoms with Crippen molar-refractivity contribution in [1.82, 2.24) is 5.32 Å². The molecule has 0 saturated heterocycles. The summed E-state index contributed by atoms with van der Waals surface area (Å²) in [6.07, 6.45) is 0.0369. The lowest BCUT2D eigenvalue weighted by Gasteiger charge is -2.24. The van der Waals surface area contributed by atoms with E-state index in [9.17, 15) is 19.5 Å². The van der Waals surface area contributed by atoms with Gasteiger partial charge in [0.05, 0.1) is 0 Å². The summed E-state index contributed by atoms with van der Waals surface area (Å²) in [6, 6.07) is 31.4. The molecule has 0 heterocycles. The number of amides is 1. The fraction of sp³-hybridized carbons (Fsp3) is 0.289. The zero-order valence-electron chi connectivity index (χ0n) is 26.3. The van der Waals surface area contributed by atoms with Crippen molar-refractivity contribution in [3.05, 3.63) is 119 Å². The first-order valence-corrected chi connectivity index (χ1v) is 18.0. The molecule has 4 aromatic carbocycles. The fourth-order valence-corrected chi connectivity index (χ4v) is 9.11. The average Bonchev–Trinajstić information content (AvgIpc) is 3.57. The number of rotatable bonds is 13. The molecule has 0 fully saturated rings. The summed E-state index contributed by atoms with van der Waals surface area (Å²) in [5.41, 5.74) is 9.14. The second-order valence-electron chi connectivity index (χ2n) is 12.4. The minimum absolute atomic E-state index is 0.0150. The van der Waals surface area contributed by atoms with Crippen LogP contribution < -0.4 is 5.32 Å². The van der Waals surface area contributed by atoms with Gasteiger partial charge in [-0.1, -0.05) is 119 Å². The van der Waals surface area contributed by atoms with Crippen LogP contribution in [0.1, 0.15) is 60.8 Å². The van der Waals surface area contributed by atoms with Gasteiger partial charge in [-0.25, -0.2) is 9.59 Å². The maximum atomic E-state index is 12.8. The van der Waals surface area contributed by atoms with Gasteiger partial charge in [-0.05, 0) is 64.8 Å². The molecule has 0 radical (unpaired) electrons. The zero-order chi connectivity index (χ0) is 33.0.